The van der Waals surface area contributed by atoms with Crippen molar-refractivity contribution >= 4 is 17.5 Å². The summed E-state index contributed by atoms with van der Waals surface area (Å²) in [6.45, 7) is 2.12. The summed E-state index contributed by atoms with van der Waals surface area (Å²) in [6, 6.07) is 12.7. The maximum atomic E-state index is 14.5. The van der Waals surface area contributed by atoms with E-state index in [1.54, 1.807) is 16.8 Å². The molecule has 25 heavy (non-hydrogen) atoms. The second-order valence-electron chi connectivity index (χ2n) is 6.13. The molecule has 4 rings (SSSR count). The maximum Gasteiger partial charge on any atom is 0.243 e. The van der Waals surface area contributed by atoms with Gasteiger partial charge in [0.15, 0.2) is 0 Å². The van der Waals surface area contributed by atoms with Crippen LogP contribution in [-0.4, -0.2) is 20.2 Å². The summed E-state index contributed by atoms with van der Waals surface area (Å²) in [5.41, 5.74) is 2.82. The van der Waals surface area contributed by atoms with Gasteiger partial charge in [-0.15, -0.1) is 0 Å². The van der Waals surface area contributed by atoms with Crippen molar-refractivity contribution < 1.29 is 4.39 Å². The highest BCUT2D eigenvalue weighted by atomic mass is 35.5. The van der Waals surface area contributed by atoms with Gasteiger partial charge in [-0.2, -0.15) is 0 Å². The average molecular weight is 358 g/mol. The first kappa shape index (κ1) is 16.0. The fourth-order valence-electron chi connectivity index (χ4n) is 3.31. The van der Waals surface area contributed by atoms with Crippen LogP contribution in [-0.2, 0) is 6.42 Å². The standard InChI is InChI=1S/C18H17ClFN5/c1-2-11-6-8-12(9-7-11)15-10-16(25-18(21-15)22-23-24-25)17-13(19)4-3-5-14(17)20/h3-9,15-16H,2,10H2,1H3,(H,21,22,24)/t15-,16+/m0/s1. The van der Waals surface area contributed by atoms with E-state index < -0.39 is 0 Å². The zero-order valence-corrected chi connectivity index (χ0v) is 14.4. The minimum atomic E-state index is -0.365. The molecule has 1 aromatic heterocycles. The molecule has 0 aliphatic carbocycles. The molecule has 0 bridgehead atoms. The van der Waals surface area contributed by atoms with Gasteiger partial charge in [0.2, 0.25) is 5.95 Å². The smallest absolute Gasteiger partial charge is 0.243 e. The van der Waals surface area contributed by atoms with E-state index in [1.165, 1.54) is 11.6 Å². The van der Waals surface area contributed by atoms with Crippen LogP contribution in [0.1, 0.15) is 42.1 Å². The van der Waals surface area contributed by atoms with Gasteiger partial charge in [0.1, 0.15) is 5.82 Å². The molecule has 0 spiro atoms. The SMILES string of the molecule is CCc1ccc([C@@H]2C[C@H](c3c(F)cccc3Cl)n3nnnc3N2)cc1. The van der Waals surface area contributed by atoms with Gasteiger partial charge in [0.25, 0.3) is 0 Å². The molecule has 0 amide bonds. The summed E-state index contributed by atoms with van der Waals surface area (Å²) in [4.78, 5) is 0. The van der Waals surface area contributed by atoms with Gasteiger partial charge in [-0.1, -0.05) is 54.0 Å². The number of hydrogen-bond donors (Lipinski definition) is 1. The molecule has 0 fully saturated rings. The maximum absolute atomic E-state index is 14.5. The zero-order chi connectivity index (χ0) is 17.4. The van der Waals surface area contributed by atoms with Crippen LogP contribution in [0.4, 0.5) is 10.3 Å². The van der Waals surface area contributed by atoms with Crippen LogP contribution in [0.15, 0.2) is 42.5 Å². The van der Waals surface area contributed by atoms with Crippen LogP contribution in [0.25, 0.3) is 0 Å². The van der Waals surface area contributed by atoms with Crippen molar-refractivity contribution in [2.75, 3.05) is 5.32 Å². The number of rotatable bonds is 3. The first-order valence-electron chi connectivity index (χ1n) is 8.24. The minimum absolute atomic E-state index is 0.0231. The van der Waals surface area contributed by atoms with Gasteiger partial charge in [-0.25, -0.2) is 9.07 Å². The summed E-state index contributed by atoms with van der Waals surface area (Å²) in [5.74, 6) is 0.168. The Hall–Kier alpha value is -2.47. The van der Waals surface area contributed by atoms with E-state index >= 15 is 0 Å². The number of nitrogens with zero attached hydrogens (tertiary/aromatic N) is 4. The molecule has 0 saturated carbocycles. The highest BCUT2D eigenvalue weighted by molar-refractivity contribution is 6.31. The molecule has 1 aliphatic heterocycles. The third-order valence-electron chi connectivity index (χ3n) is 4.67. The van der Waals surface area contributed by atoms with Crippen LogP contribution in [0.2, 0.25) is 5.02 Å². The number of halogens is 2. The number of aromatic nitrogens is 4. The summed E-state index contributed by atoms with van der Waals surface area (Å²) in [6.07, 6.45) is 1.59. The fraction of sp³-hybridized carbons (Fsp3) is 0.278. The van der Waals surface area contributed by atoms with Crippen molar-refractivity contribution in [3.63, 3.8) is 0 Å². The summed E-state index contributed by atoms with van der Waals surface area (Å²) in [5, 5.41) is 15.5. The Kier molecular flexibility index (Phi) is 4.13. The second kappa shape index (κ2) is 6.44. The number of hydrogen-bond acceptors (Lipinski definition) is 4. The number of anilines is 1. The zero-order valence-electron chi connectivity index (χ0n) is 13.7. The summed E-state index contributed by atoms with van der Waals surface area (Å²) in [7, 11) is 0. The van der Waals surface area contributed by atoms with Gasteiger partial charge in [0, 0.05) is 10.6 Å². The summed E-state index contributed by atoms with van der Waals surface area (Å²) < 4.78 is 16.1. The number of nitrogens with one attached hydrogen (secondary N) is 1. The first-order valence-corrected chi connectivity index (χ1v) is 8.62. The van der Waals surface area contributed by atoms with E-state index in [0.717, 1.165) is 12.0 Å². The van der Waals surface area contributed by atoms with Crippen molar-refractivity contribution in [3.8, 4) is 0 Å². The molecular formula is C18H17ClFN5. The van der Waals surface area contributed by atoms with Gasteiger partial charge >= 0.3 is 0 Å². The number of benzene rings is 2. The number of tetrazole rings is 1. The van der Waals surface area contributed by atoms with E-state index in [0.29, 0.717) is 23.0 Å². The average Bonchev–Trinajstić information content (AvgIpc) is 3.10. The minimum Gasteiger partial charge on any atom is -0.346 e. The van der Waals surface area contributed by atoms with Gasteiger partial charge in [-0.3, -0.25) is 0 Å². The Balaban J connectivity index is 1.75. The van der Waals surface area contributed by atoms with Crippen LogP contribution in [0.3, 0.4) is 0 Å². The molecule has 2 atom stereocenters. The Labute approximate surface area is 149 Å². The van der Waals surface area contributed by atoms with Crippen LogP contribution in [0, 0.1) is 5.82 Å². The molecule has 0 radical (unpaired) electrons. The molecule has 2 heterocycles. The third kappa shape index (κ3) is 2.87. The topological polar surface area (TPSA) is 55.6 Å². The van der Waals surface area contributed by atoms with Crippen molar-refractivity contribution in [2.45, 2.75) is 31.8 Å². The van der Waals surface area contributed by atoms with E-state index in [9.17, 15) is 4.39 Å². The Morgan fingerprint density at radius 1 is 1.24 bits per heavy atom. The van der Waals surface area contributed by atoms with Crippen molar-refractivity contribution in [2.24, 2.45) is 0 Å². The molecule has 128 valence electrons. The summed E-state index contributed by atoms with van der Waals surface area (Å²) >= 11 is 6.29. The van der Waals surface area contributed by atoms with Gasteiger partial charge < -0.3 is 5.32 Å². The van der Waals surface area contributed by atoms with E-state index in [4.69, 9.17) is 11.6 Å². The van der Waals surface area contributed by atoms with Crippen LogP contribution in [0.5, 0.6) is 0 Å². The van der Waals surface area contributed by atoms with Gasteiger partial charge in [0.05, 0.1) is 12.1 Å². The lowest BCUT2D eigenvalue weighted by Gasteiger charge is -2.31. The van der Waals surface area contributed by atoms with Crippen LogP contribution < -0.4 is 5.32 Å². The van der Waals surface area contributed by atoms with Crippen molar-refractivity contribution in [1.29, 1.82) is 0 Å². The Bertz CT molecular complexity index is 872. The van der Waals surface area contributed by atoms with Crippen LogP contribution >= 0.6 is 11.6 Å². The Morgan fingerprint density at radius 2 is 2.04 bits per heavy atom. The lowest BCUT2D eigenvalue weighted by Crippen LogP contribution is -2.28. The molecule has 1 aliphatic rings. The van der Waals surface area contributed by atoms with E-state index in [2.05, 4.69) is 52.0 Å². The highest BCUT2D eigenvalue weighted by Gasteiger charge is 2.33. The third-order valence-corrected chi connectivity index (χ3v) is 5.00. The van der Waals surface area contributed by atoms with E-state index in [1.807, 2.05) is 0 Å². The van der Waals surface area contributed by atoms with Crippen molar-refractivity contribution in [1.82, 2.24) is 20.2 Å². The fourth-order valence-corrected chi connectivity index (χ4v) is 3.60. The monoisotopic (exact) mass is 357 g/mol. The highest BCUT2D eigenvalue weighted by Crippen LogP contribution is 2.40. The molecular weight excluding hydrogens is 341 g/mol. The first-order chi connectivity index (χ1) is 12.2. The predicted octanol–water partition coefficient (Wildman–Crippen LogP) is 4.17. The predicted molar refractivity (Wildman–Crippen MR) is 94.2 cm³/mol. The molecule has 2 aromatic carbocycles. The second-order valence-corrected chi connectivity index (χ2v) is 6.53. The largest absolute Gasteiger partial charge is 0.346 e. The molecule has 7 heteroatoms. The molecule has 3 aromatic rings. The number of aryl methyl sites for hydroxylation is 1. The normalized spacial score (nSPS) is 19.3. The molecule has 0 saturated heterocycles. The molecule has 5 nitrogen and oxygen atoms in total. The quantitative estimate of drug-likeness (QED) is 0.764. The molecule has 0 unspecified atom stereocenters. The van der Waals surface area contributed by atoms with Gasteiger partial charge in [-0.05, 0) is 46.5 Å². The lowest BCUT2D eigenvalue weighted by atomic mass is 9.92. The molecule has 1 N–H and O–H groups in total. The Morgan fingerprint density at radius 3 is 2.76 bits per heavy atom. The van der Waals surface area contributed by atoms with E-state index in [-0.39, 0.29) is 17.9 Å². The number of fused-ring (bicyclic) bond motifs is 1. The lowest BCUT2D eigenvalue weighted by molar-refractivity contribution is 0.409. The van der Waals surface area contributed by atoms with Crippen molar-refractivity contribution in [3.05, 3.63) is 70.0 Å².